The van der Waals surface area contributed by atoms with Crippen LogP contribution in [-0.2, 0) is 16.0 Å². The lowest BCUT2D eigenvalue weighted by molar-refractivity contribution is -0.138. The van der Waals surface area contributed by atoms with Crippen LogP contribution in [0.25, 0.3) is 10.8 Å². The molecule has 30 heavy (non-hydrogen) atoms. The third-order valence-corrected chi connectivity index (χ3v) is 5.26. The van der Waals surface area contributed by atoms with Gasteiger partial charge in [0.1, 0.15) is 6.10 Å². The number of pyridine rings is 1. The molecule has 1 amide bonds. The third-order valence-electron chi connectivity index (χ3n) is 5.26. The highest BCUT2D eigenvalue weighted by Crippen LogP contribution is 2.26. The summed E-state index contributed by atoms with van der Waals surface area (Å²) in [6, 6.07) is 10.3. The zero-order valence-electron chi connectivity index (χ0n) is 17.3. The molecule has 2 aromatic heterocycles. The van der Waals surface area contributed by atoms with Gasteiger partial charge in [0.15, 0.2) is 0 Å². The van der Waals surface area contributed by atoms with Crippen molar-refractivity contribution >= 4 is 16.7 Å². The molecule has 1 fully saturated rings. The Labute approximate surface area is 174 Å². The van der Waals surface area contributed by atoms with Crippen LogP contribution >= 0.6 is 0 Å². The maximum absolute atomic E-state index is 13.0. The molecule has 0 aliphatic carbocycles. The Balaban J connectivity index is 1.51. The Kier molecular flexibility index (Phi) is 5.76. The average molecular weight is 408 g/mol. The van der Waals surface area contributed by atoms with E-state index in [4.69, 9.17) is 14.2 Å². The van der Waals surface area contributed by atoms with E-state index in [2.05, 4.69) is 15.0 Å². The number of ether oxygens (including phenoxy) is 3. The van der Waals surface area contributed by atoms with Crippen molar-refractivity contribution in [1.82, 2.24) is 19.9 Å². The normalized spacial score (nSPS) is 16.5. The van der Waals surface area contributed by atoms with Crippen LogP contribution in [0.1, 0.15) is 23.1 Å². The molecule has 1 saturated heterocycles. The van der Waals surface area contributed by atoms with Crippen molar-refractivity contribution in [3.63, 3.8) is 0 Å². The molecule has 1 atom stereocenters. The number of nitrogens with zero attached hydrogens (tertiary/aromatic N) is 4. The standard InChI is InChI=1S/C22H24N4O4/c1-14-17(21(28-2)25-22(24-14)29-3)11-20(27)26-8-9-30-19(13-26)18-10-15-6-4-5-7-16(15)12-23-18/h4-7,10,12,19H,8-9,11,13H2,1-3H3/t19-/m1/s1. The Morgan fingerprint density at radius 1 is 1.20 bits per heavy atom. The quantitative estimate of drug-likeness (QED) is 0.641. The molecule has 0 bridgehead atoms. The number of methoxy groups -OCH3 is 2. The van der Waals surface area contributed by atoms with Crippen molar-refractivity contribution in [1.29, 1.82) is 0 Å². The summed E-state index contributed by atoms with van der Waals surface area (Å²) < 4.78 is 16.4. The van der Waals surface area contributed by atoms with Crippen LogP contribution in [-0.4, -0.2) is 59.7 Å². The molecule has 0 N–H and O–H groups in total. The lowest BCUT2D eigenvalue weighted by atomic mass is 10.1. The molecule has 8 nitrogen and oxygen atoms in total. The van der Waals surface area contributed by atoms with Crippen LogP contribution < -0.4 is 9.47 Å². The summed E-state index contributed by atoms with van der Waals surface area (Å²) in [6.07, 6.45) is 1.73. The predicted octanol–water partition coefficient (Wildman–Crippen LogP) is 2.49. The SMILES string of the molecule is COc1nc(C)c(CC(=O)N2CCO[C@@H](c3cc4ccccc4cn3)C2)c(OC)n1. The predicted molar refractivity (Wildman–Crippen MR) is 111 cm³/mol. The van der Waals surface area contributed by atoms with Gasteiger partial charge >= 0.3 is 6.01 Å². The number of carbonyl (C=O) groups is 1. The first-order valence-electron chi connectivity index (χ1n) is 9.78. The molecular formula is C22H24N4O4. The van der Waals surface area contributed by atoms with Crippen LogP contribution in [0.5, 0.6) is 11.9 Å². The molecule has 1 aliphatic heterocycles. The highest BCUT2D eigenvalue weighted by Gasteiger charge is 2.28. The van der Waals surface area contributed by atoms with Crippen LogP contribution in [0, 0.1) is 6.92 Å². The summed E-state index contributed by atoms with van der Waals surface area (Å²) in [4.78, 5) is 27.9. The molecular weight excluding hydrogens is 384 g/mol. The minimum Gasteiger partial charge on any atom is -0.481 e. The first-order valence-corrected chi connectivity index (χ1v) is 9.78. The van der Waals surface area contributed by atoms with Crippen LogP contribution in [0.2, 0.25) is 0 Å². The minimum atomic E-state index is -0.262. The van der Waals surface area contributed by atoms with E-state index in [0.717, 1.165) is 16.5 Å². The number of fused-ring (bicyclic) bond motifs is 1. The Bertz CT molecular complexity index is 1070. The Morgan fingerprint density at radius 3 is 2.77 bits per heavy atom. The number of rotatable bonds is 5. The van der Waals surface area contributed by atoms with E-state index in [1.54, 1.807) is 4.90 Å². The van der Waals surface area contributed by atoms with Crippen LogP contribution in [0.4, 0.5) is 0 Å². The number of aryl methyl sites for hydroxylation is 1. The van der Waals surface area contributed by atoms with E-state index in [1.807, 2.05) is 43.5 Å². The van der Waals surface area contributed by atoms with Gasteiger partial charge in [0.05, 0.1) is 45.2 Å². The van der Waals surface area contributed by atoms with E-state index in [9.17, 15) is 4.79 Å². The smallest absolute Gasteiger partial charge is 0.319 e. The van der Waals surface area contributed by atoms with Gasteiger partial charge < -0.3 is 19.1 Å². The first kappa shape index (κ1) is 20.0. The van der Waals surface area contributed by atoms with Gasteiger partial charge in [-0.1, -0.05) is 24.3 Å². The number of aromatic nitrogens is 3. The molecule has 4 rings (SSSR count). The zero-order chi connectivity index (χ0) is 21.1. The monoisotopic (exact) mass is 408 g/mol. The van der Waals surface area contributed by atoms with Gasteiger partial charge in [-0.05, 0) is 18.4 Å². The fraction of sp³-hybridized carbons (Fsp3) is 0.364. The summed E-state index contributed by atoms with van der Waals surface area (Å²) in [6.45, 7) is 3.25. The van der Waals surface area contributed by atoms with E-state index in [-0.39, 0.29) is 24.4 Å². The topological polar surface area (TPSA) is 86.7 Å². The van der Waals surface area contributed by atoms with Crippen molar-refractivity contribution in [3.8, 4) is 11.9 Å². The Morgan fingerprint density at radius 2 is 2.00 bits per heavy atom. The fourth-order valence-corrected chi connectivity index (χ4v) is 3.60. The van der Waals surface area contributed by atoms with Crippen molar-refractivity contribution in [2.24, 2.45) is 0 Å². The van der Waals surface area contributed by atoms with Gasteiger partial charge in [-0.2, -0.15) is 4.98 Å². The maximum Gasteiger partial charge on any atom is 0.319 e. The van der Waals surface area contributed by atoms with Crippen molar-refractivity contribution in [3.05, 3.63) is 53.5 Å². The average Bonchev–Trinajstić information content (AvgIpc) is 2.79. The zero-order valence-corrected chi connectivity index (χ0v) is 17.3. The van der Waals surface area contributed by atoms with E-state index >= 15 is 0 Å². The van der Waals surface area contributed by atoms with E-state index in [1.165, 1.54) is 14.2 Å². The summed E-state index contributed by atoms with van der Waals surface area (Å²) in [7, 11) is 3.01. The number of hydrogen-bond donors (Lipinski definition) is 0. The molecule has 156 valence electrons. The molecule has 1 aliphatic rings. The van der Waals surface area contributed by atoms with Crippen molar-refractivity contribution < 1.29 is 19.0 Å². The highest BCUT2D eigenvalue weighted by molar-refractivity contribution is 5.82. The molecule has 8 heteroatoms. The van der Waals surface area contributed by atoms with Crippen LogP contribution in [0.15, 0.2) is 36.5 Å². The molecule has 0 saturated carbocycles. The second kappa shape index (κ2) is 8.62. The highest BCUT2D eigenvalue weighted by atomic mass is 16.5. The van der Waals surface area contributed by atoms with Gasteiger partial charge in [0.25, 0.3) is 0 Å². The molecule has 0 radical (unpaired) electrons. The number of amides is 1. The van der Waals surface area contributed by atoms with Gasteiger partial charge in [-0.3, -0.25) is 9.78 Å². The summed E-state index contributed by atoms with van der Waals surface area (Å²) in [5.74, 6) is 0.327. The van der Waals surface area contributed by atoms with Crippen LogP contribution in [0.3, 0.4) is 0 Å². The first-order chi connectivity index (χ1) is 14.6. The summed E-state index contributed by atoms with van der Waals surface area (Å²) in [5.41, 5.74) is 2.15. The molecule has 0 spiro atoms. The number of morpholine rings is 1. The molecule has 1 aromatic carbocycles. The Hall–Kier alpha value is -3.26. The minimum absolute atomic E-state index is 0.0285. The summed E-state index contributed by atoms with van der Waals surface area (Å²) >= 11 is 0. The van der Waals surface area contributed by atoms with Gasteiger partial charge in [0.2, 0.25) is 11.8 Å². The van der Waals surface area contributed by atoms with Gasteiger partial charge in [-0.25, -0.2) is 4.98 Å². The second-order valence-corrected chi connectivity index (χ2v) is 7.12. The number of carbonyl (C=O) groups excluding carboxylic acids is 1. The second-order valence-electron chi connectivity index (χ2n) is 7.12. The largest absolute Gasteiger partial charge is 0.481 e. The fourth-order valence-electron chi connectivity index (χ4n) is 3.60. The molecule has 0 unspecified atom stereocenters. The van der Waals surface area contributed by atoms with Crippen molar-refractivity contribution in [2.45, 2.75) is 19.4 Å². The lowest BCUT2D eigenvalue weighted by Crippen LogP contribution is -2.43. The van der Waals surface area contributed by atoms with Gasteiger partial charge in [-0.15, -0.1) is 0 Å². The lowest BCUT2D eigenvalue weighted by Gasteiger charge is -2.33. The summed E-state index contributed by atoms with van der Waals surface area (Å²) in [5, 5.41) is 2.18. The van der Waals surface area contributed by atoms with Gasteiger partial charge in [0, 0.05) is 23.7 Å². The molecule has 3 heterocycles. The number of hydrogen-bond acceptors (Lipinski definition) is 7. The number of benzene rings is 1. The van der Waals surface area contributed by atoms with Crippen molar-refractivity contribution in [2.75, 3.05) is 33.9 Å². The van der Waals surface area contributed by atoms with E-state index < -0.39 is 0 Å². The third kappa shape index (κ3) is 4.04. The van der Waals surface area contributed by atoms with E-state index in [0.29, 0.717) is 36.8 Å². The maximum atomic E-state index is 13.0. The molecule has 3 aromatic rings.